The number of nitrogens with zero attached hydrogens (tertiary/aromatic N) is 1. The number of nitrogens with one attached hydrogen (secondary N) is 1. The zero-order valence-corrected chi connectivity index (χ0v) is 16.1. The van der Waals surface area contributed by atoms with Crippen molar-refractivity contribution in [2.24, 2.45) is 0 Å². The number of aromatic nitrogens is 1. The number of pyridine rings is 1. The number of ether oxygens (including phenoxy) is 4. The van der Waals surface area contributed by atoms with Gasteiger partial charge in [0.25, 0.3) is 5.91 Å². The highest BCUT2D eigenvalue weighted by Crippen LogP contribution is 2.35. The van der Waals surface area contributed by atoms with Gasteiger partial charge in [0.15, 0.2) is 11.5 Å². The first-order valence-electron chi connectivity index (χ1n) is 9.01. The minimum absolute atomic E-state index is 0.217. The normalized spacial score (nSPS) is 11.8. The van der Waals surface area contributed by atoms with Crippen LogP contribution in [0.4, 0.5) is 0 Å². The Labute approximate surface area is 168 Å². The lowest BCUT2D eigenvalue weighted by atomic mass is 10.1. The van der Waals surface area contributed by atoms with Gasteiger partial charge in [0.05, 0.1) is 19.8 Å². The van der Waals surface area contributed by atoms with E-state index in [1.54, 1.807) is 32.5 Å². The zero-order valence-electron chi connectivity index (χ0n) is 16.1. The Balaban J connectivity index is 1.49. The van der Waals surface area contributed by atoms with Gasteiger partial charge in [0.1, 0.15) is 11.5 Å². The van der Waals surface area contributed by atoms with Gasteiger partial charge in [-0.1, -0.05) is 6.07 Å². The van der Waals surface area contributed by atoms with E-state index in [4.69, 9.17) is 18.9 Å². The topological polar surface area (TPSA) is 78.9 Å². The van der Waals surface area contributed by atoms with Crippen molar-refractivity contribution in [3.8, 4) is 34.1 Å². The van der Waals surface area contributed by atoms with Crippen LogP contribution in [0.2, 0.25) is 0 Å². The molecule has 0 spiro atoms. The van der Waals surface area contributed by atoms with Crippen molar-refractivity contribution in [3.05, 3.63) is 66.0 Å². The van der Waals surface area contributed by atoms with Crippen LogP contribution in [0.25, 0.3) is 11.1 Å². The number of fused-ring (bicyclic) bond motifs is 1. The van der Waals surface area contributed by atoms with Crippen LogP contribution in [0.15, 0.2) is 54.9 Å². The molecule has 2 aromatic carbocycles. The van der Waals surface area contributed by atoms with Gasteiger partial charge in [-0.2, -0.15) is 0 Å². The third-order valence-corrected chi connectivity index (χ3v) is 4.57. The van der Waals surface area contributed by atoms with Crippen LogP contribution in [0.1, 0.15) is 15.9 Å². The molecule has 7 heteroatoms. The van der Waals surface area contributed by atoms with E-state index in [9.17, 15) is 4.79 Å². The Kier molecular flexibility index (Phi) is 5.20. The van der Waals surface area contributed by atoms with E-state index in [0.29, 0.717) is 35.1 Å². The summed E-state index contributed by atoms with van der Waals surface area (Å²) in [4.78, 5) is 16.9. The van der Waals surface area contributed by atoms with E-state index in [1.165, 1.54) is 6.20 Å². The lowest BCUT2D eigenvalue weighted by Crippen LogP contribution is -2.23. The van der Waals surface area contributed by atoms with Crippen molar-refractivity contribution in [1.82, 2.24) is 10.3 Å². The van der Waals surface area contributed by atoms with Gasteiger partial charge in [0.2, 0.25) is 6.79 Å². The Hall–Kier alpha value is -3.74. The van der Waals surface area contributed by atoms with Gasteiger partial charge in [-0.3, -0.25) is 9.78 Å². The molecule has 4 rings (SSSR count). The number of hydrogen-bond donors (Lipinski definition) is 1. The summed E-state index contributed by atoms with van der Waals surface area (Å²) in [5.74, 6) is 2.51. The maximum Gasteiger partial charge on any atom is 0.253 e. The molecule has 1 aliphatic rings. The van der Waals surface area contributed by atoms with Crippen LogP contribution in [-0.4, -0.2) is 31.9 Å². The third kappa shape index (κ3) is 4.08. The van der Waals surface area contributed by atoms with Crippen LogP contribution in [0.5, 0.6) is 23.0 Å². The molecule has 0 saturated heterocycles. The molecule has 0 fully saturated rings. The fourth-order valence-corrected chi connectivity index (χ4v) is 3.05. The lowest BCUT2D eigenvalue weighted by Gasteiger charge is -2.10. The average molecular weight is 392 g/mol. The van der Waals surface area contributed by atoms with Gasteiger partial charge in [-0.25, -0.2) is 0 Å². The molecule has 0 saturated carbocycles. The largest absolute Gasteiger partial charge is 0.497 e. The molecular formula is C22H20N2O5. The molecule has 1 N–H and O–H groups in total. The van der Waals surface area contributed by atoms with Crippen LogP contribution in [0, 0.1) is 0 Å². The first-order valence-corrected chi connectivity index (χ1v) is 9.01. The number of methoxy groups -OCH3 is 2. The van der Waals surface area contributed by atoms with E-state index in [1.807, 2.05) is 30.3 Å². The molecule has 0 atom stereocenters. The summed E-state index contributed by atoms with van der Waals surface area (Å²) in [7, 11) is 3.18. The van der Waals surface area contributed by atoms with E-state index >= 15 is 0 Å². The summed E-state index contributed by atoms with van der Waals surface area (Å²) in [5.41, 5.74) is 3.05. The number of carbonyl (C=O) groups excluding carboxylic acids is 1. The zero-order chi connectivity index (χ0) is 20.2. The molecule has 1 aromatic heterocycles. The minimum Gasteiger partial charge on any atom is -0.497 e. The molecule has 3 aromatic rings. The summed E-state index contributed by atoms with van der Waals surface area (Å²) in [6.07, 6.45) is 3.25. The van der Waals surface area contributed by atoms with E-state index in [-0.39, 0.29) is 12.7 Å². The van der Waals surface area contributed by atoms with Gasteiger partial charge >= 0.3 is 0 Å². The Morgan fingerprint density at radius 3 is 2.48 bits per heavy atom. The molecule has 1 amide bonds. The second-order valence-electron chi connectivity index (χ2n) is 6.43. The molecule has 0 unspecified atom stereocenters. The maximum atomic E-state index is 12.6. The van der Waals surface area contributed by atoms with Crippen molar-refractivity contribution >= 4 is 5.91 Å². The van der Waals surface area contributed by atoms with Gasteiger partial charge in [-0.15, -0.1) is 0 Å². The molecule has 0 bridgehead atoms. The second kappa shape index (κ2) is 8.10. The molecule has 0 radical (unpaired) electrons. The molecule has 29 heavy (non-hydrogen) atoms. The van der Waals surface area contributed by atoms with Crippen molar-refractivity contribution in [3.63, 3.8) is 0 Å². The van der Waals surface area contributed by atoms with Gasteiger partial charge in [-0.05, 0) is 41.5 Å². The van der Waals surface area contributed by atoms with Crippen LogP contribution >= 0.6 is 0 Å². The highest BCUT2D eigenvalue weighted by atomic mass is 16.7. The SMILES string of the molecule is COc1cc(CNC(=O)c2cncc(-c3ccc4c(c3)OCO4)c2)cc(OC)c1. The number of rotatable bonds is 6. The molecule has 2 heterocycles. The fraction of sp³-hybridized carbons (Fsp3) is 0.182. The van der Waals surface area contributed by atoms with Crippen molar-refractivity contribution < 1.29 is 23.7 Å². The Morgan fingerprint density at radius 2 is 1.72 bits per heavy atom. The summed E-state index contributed by atoms with van der Waals surface area (Å²) in [6, 6.07) is 12.9. The van der Waals surface area contributed by atoms with Gasteiger partial charge in [0, 0.05) is 30.6 Å². The monoisotopic (exact) mass is 392 g/mol. The lowest BCUT2D eigenvalue weighted by molar-refractivity contribution is 0.0950. The number of hydrogen-bond acceptors (Lipinski definition) is 6. The molecule has 1 aliphatic heterocycles. The van der Waals surface area contributed by atoms with Gasteiger partial charge < -0.3 is 24.3 Å². The Bertz CT molecular complexity index is 1030. The predicted octanol–water partition coefficient (Wildman–Crippen LogP) is 3.42. The van der Waals surface area contributed by atoms with E-state index < -0.39 is 0 Å². The minimum atomic E-state index is -0.220. The van der Waals surface area contributed by atoms with Crippen LogP contribution < -0.4 is 24.3 Å². The second-order valence-corrected chi connectivity index (χ2v) is 6.43. The quantitative estimate of drug-likeness (QED) is 0.693. The summed E-state index contributed by atoms with van der Waals surface area (Å²) >= 11 is 0. The smallest absolute Gasteiger partial charge is 0.253 e. The fourth-order valence-electron chi connectivity index (χ4n) is 3.05. The molecule has 0 aliphatic carbocycles. The number of benzene rings is 2. The maximum absolute atomic E-state index is 12.6. The third-order valence-electron chi connectivity index (χ3n) is 4.57. The Morgan fingerprint density at radius 1 is 0.966 bits per heavy atom. The van der Waals surface area contributed by atoms with Crippen molar-refractivity contribution in [2.75, 3.05) is 21.0 Å². The molecule has 148 valence electrons. The first kappa shape index (κ1) is 18.6. The summed E-state index contributed by atoms with van der Waals surface area (Å²) < 4.78 is 21.3. The molecular weight excluding hydrogens is 372 g/mol. The van der Waals surface area contributed by atoms with E-state index in [0.717, 1.165) is 16.7 Å². The average Bonchev–Trinajstić information content (AvgIpc) is 3.25. The van der Waals surface area contributed by atoms with Crippen molar-refractivity contribution in [2.45, 2.75) is 6.54 Å². The highest BCUT2D eigenvalue weighted by Gasteiger charge is 2.15. The first-order chi connectivity index (χ1) is 14.2. The predicted molar refractivity (Wildman–Crippen MR) is 107 cm³/mol. The number of carbonyl (C=O) groups is 1. The van der Waals surface area contributed by atoms with E-state index in [2.05, 4.69) is 10.3 Å². The summed E-state index contributed by atoms with van der Waals surface area (Å²) in [5, 5.41) is 2.90. The molecule has 7 nitrogen and oxygen atoms in total. The van der Waals surface area contributed by atoms with Crippen molar-refractivity contribution in [1.29, 1.82) is 0 Å². The summed E-state index contributed by atoms with van der Waals surface area (Å²) in [6.45, 7) is 0.551. The standard InChI is InChI=1S/C22H20N2O5/c1-26-18-5-14(6-19(9-18)27-2)10-24-22(25)17-7-16(11-23-12-17)15-3-4-20-21(8-15)29-13-28-20/h3-9,11-12H,10,13H2,1-2H3,(H,24,25). The number of amides is 1. The van der Waals surface area contributed by atoms with Crippen LogP contribution in [0.3, 0.4) is 0 Å². The highest BCUT2D eigenvalue weighted by molar-refractivity contribution is 5.95. The van der Waals surface area contributed by atoms with Crippen LogP contribution in [-0.2, 0) is 6.54 Å².